The number of phenols is 1. The average Bonchev–Trinajstić information content (AvgIpc) is 3.13. The number of hydrogen-bond acceptors (Lipinski definition) is 5. The standard InChI is InChI=1S/C10H12O3.C7H6O2/c1-11-7-13-9-4-2-3-8(5-9)10-6-12-10;8-5-6-2-1-3-7(9)4-6/h2-5,10H,6-7H2,1H3;1-5,9H/i6D2,10D;5D. The Hall–Kier alpha value is -2.37. The number of carbonyl (C=O) groups is 1. The molecule has 5 heteroatoms. The molecule has 1 heterocycles. The second-order valence-corrected chi connectivity index (χ2v) is 4.26. The zero-order valence-corrected chi connectivity index (χ0v) is 11.9. The van der Waals surface area contributed by atoms with Crippen molar-refractivity contribution in [2.24, 2.45) is 0 Å². The van der Waals surface area contributed by atoms with Crippen LogP contribution in [0.15, 0.2) is 48.5 Å². The first-order valence-electron chi connectivity index (χ1n) is 8.42. The topological polar surface area (TPSA) is 68.3 Å². The number of rotatable bonds is 5. The van der Waals surface area contributed by atoms with Crippen LogP contribution in [0.2, 0.25) is 0 Å². The van der Waals surface area contributed by atoms with Crippen molar-refractivity contribution in [1.82, 2.24) is 0 Å². The van der Waals surface area contributed by atoms with Crippen molar-refractivity contribution in [3.63, 3.8) is 0 Å². The minimum absolute atomic E-state index is 0.0121. The second kappa shape index (κ2) is 8.17. The van der Waals surface area contributed by atoms with E-state index in [1.54, 1.807) is 24.3 Å². The number of epoxide rings is 1. The highest BCUT2D eigenvalue weighted by Gasteiger charge is 2.24. The van der Waals surface area contributed by atoms with E-state index in [1.807, 2.05) is 0 Å². The number of methoxy groups -OCH3 is 1. The number of phenolic OH excluding ortho intramolecular Hbond substituents is 1. The van der Waals surface area contributed by atoms with Crippen LogP contribution in [0.5, 0.6) is 11.5 Å². The summed E-state index contributed by atoms with van der Waals surface area (Å²) in [4.78, 5) is 10.4. The SMILES string of the molecule is [2H]C(=O)c1cccc(O)c1.[2H]C1([2H])OC1([2H])c1cccc(OCOC)c1. The van der Waals surface area contributed by atoms with Gasteiger partial charge < -0.3 is 19.3 Å². The summed E-state index contributed by atoms with van der Waals surface area (Å²) < 4.78 is 43.8. The summed E-state index contributed by atoms with van der Waals surface area (Å²) in [6.07, 6.45) is -2.39. The van der Waals surface area contributed by atoms with Crippen molar-refractivity contribution in [2.45, 2.75) is 6.08 Å². The Morgan fingerprint density at radius 2 is 2.23 bits per heavy atom. The van der Waals surface area contributed by atoms with E-state index in [2.05, 4.69) is 0 Å². The first-order chi connectivity index (χ1) is 12.2. The molecule has 0 aliphatic carbocycles. The van der Waals surface area contributed by atoms with E-state index >= 15 is 0 Å². The van der Waals surface area contributed by atoms with Crippen molar-refractivity contribution in [2.75, 3.05) is 20.5 Å². The van der Waals surface area contributed by atoms with Crippen molar-refractivity contribution in [3.05, 3.63) is 59.7 Å². The fourth-order valence-electron chi connectivity index (χ4n) is 1.57. The molecule has 0 spiro atoms. The highest BCUT2D eigenvalue weighted by atomic mass is 16.7. The minimum Gasteiger partial charge on any atom is -0.508 e. The highest BCUT2D eigenvalue weighted by Crippen LogP contribution is 2.31. The van der Waals surface area contributed by atoms with E-state index in [0.717, 1.165) is 0 Å². The van der Waals surface area contributed by atoms with E-state index < -0.39 is 18.9 Å². The normalized spacial score (nSPS) is 23.7. The number of aldehydes is 1. The summed E-state index contributed by atoms with van der Waals surface area (Å²) >= 11 is 0. The molecule has 5 nitrogen and oxygen atoms in total. The van der Waals surface area contributed by atoms with Crippen LogP contribution in [0.3, 0.4) is 0 Å². The van der Waals surface area contributed by atoms with Crippen LogP contribution in [0, 0.1) is 0 Å². The third-order valence-electron chi connectivity index (χ3n) is 2.61. The number of aromatic hydroxyl groups is 1. The number of carbonyl (C=O) groups excluding carboxylic acids is 1. The van der Waals surface area contributed by atoms with Crippen molar-refractivity contribution in [1.29, 1.82) is 0 Å². The quantitative estimate of drug-likeness (QED) is 0.522. The molecule has 1 saturated heterocycles. The summed E-state index contributed by atoms with van der Waals surface area (Å²) in [7, 11) is 1.51. The fourth-order valence-corrected chi connectivity index (χ4v) is 1.57. The molecule has 2 aromatic rings. The Bertz CT molecular complexity index is 783. The summed E-state index contributed by atoms with van der Waals surface area (Å²) in [6.45, 7) is -1.81. The predicted octanol–water partition coefficient (Wildman–Crippen LogP) is 2.95. The van der Waals surface area contributed by atoms with Gasteiger partial charge in [0.05, 0.1) is 10.7 Å². The van der Waals surface area contributed by atoms with Gasteiger partial charge in [-0.1, -0.05) is 24.3 Å². The molecule has 3 rings (SSSR count). The molecular formula is C17H18O5. The van der Waals surface area contributed by atoms with Gasteiger partial charge in [-0.05, 0) is 29.8 Å². The lowest BCUT2D eigenvalue weighted by Crippen LogP contribution is -1.98. The molecule has 1 unspecified atom stereocenters. The molecule has 0 aromatic heterocycles. The van der Waals surface area contributed by atoms with Crippen molar-refractivity contribution in [3.8, 4) is 11.5 Å². The van der Waals surface area contributed by atoms with Crippen molar-refractivity contribution < 1.29 is 29.6 Å². The van der Waals surface area contributed by atoms with E-state index in [4.69, 9.17) is 24.8 Å². The first-order valence-corrected chi connectivity index (χ1v) is 6.42. The van der Waals surface area contributed by atoms with Gasteiger partial charge in [0.1, 0.15) is 25.2 Å². The third kappa shape index (κ3) is 5.20. The lowest BCUT2D eigenvalue weighted by atomic mass is 10.1. The lowest BCUT2D eigenvalue weighted by Gasteiger charge is -2.05. The minimum atomic E-state index is -1.92. The smallest absolute Gasteiger partial charge is 0.188 e. The molecule has 1 fully saturated rings. The number of benzene rings is 2. The Labute approximate surface area is 134 Å². The van der Waals surface area contributed by atoms with Gasteiger partial charge in [-0.15, -0.1) is 0 Å². The van der Waals surface area contributed by atoms with Crippen LogP contribution >= 0.6 is 0 Å². The average molecular weight is 306 g/mol. The van der Waals surface area contributed by atoms with Crippen LogP contribution in [0.25, 0.3) is 0 Å². The number of hydrogen-bond donors (Lipinski definition) is 1. The maximum absolute atomic E-state index is 10.4. The zero-order chi connectivity index (χ0) is 19.4. The third-order valence-corrected chi connectivity index (χ3v) is 2.61. The molecule has 1 N–H and O–H groups in total. The zero-order valence-electron chi connectivity index (χ0n) is 15.9. The predicted molar refractivity (Wildman–Crippen MR) is 81.1 cm³/mol. The van der Waals surface area contributed by atoms with Crippen LogP contribution in [0.1, 0.15) is 27.5 Å². The molecule has 116 valence electrons. The van der Waals surface area contributed by atoms with Gasteiger partial charge in [0.2, 0.25) is 0 Å². The Kier molecular flexibility index (Phi) is 4.17. The largest absolute Gasteiger partial charge is 0.508 e. The molecule has 22 heavy (non-hydrogen) atoms. The van der Waals surface area contributed by atoms with Crippen LogP contribution in [0.4, 0.5) is 0 Å². The Morgan fingerprint density at radius 1 is 1.45 bits per heavy atom. The van der Waals surface area contributed by atoms with E-state index in [-0.39, 0.29) is 18.1 Å². The summed E-state index contributed by atoms with van der Waals surface area (Å²) in [5.74, 6) is 0.537. The molecule has 0 saturated carbocycles. The van der Waals surface area contributed by atoms with E-state index in [1.165, 1.54) is 31.4 Å². The monoisotopic (exact) mass is 306 g/mol. The van der Waals surface area contributed by atoms with Gasteiger partial charge in [-0.25, -0.2) is 0 Å². The summed E-state index contributed by atoms with van der Waals surface area (Å²) in [5.41, 5.74) is 0.645. The lowest BCUT2D eigenvalue weighted by molar-refractivity contribution is 0.0510. The van der Waals surface area contributed by atoms with Gasteiger partial charge in [0.25, 0.3) is 0 Å². The molecule has 1 atom stereocenters. The van der Waals surface area contributed by atoms with E-state index in [0.29, 0.717) is 11.3 Å². The number of ether oxygens (including phenoxy) is 3. The summed E-state index contributed by atoms with van der Waals surface area (Å²) in [5, 5.41) is 8.83. The van der Waals surface area contributed by atoms with Crippen molar-refractivity contribution >= 4 is 6.26 Å². The molecule has 1 aliphatic rings. The van der Waals surface area contributed by atoms with E-state index in [9.17, 15) is 4.79 Å². The second-order valence-electron chi connectivity index (χ2n) is 4.26. The summed E-state index contributed by atoms with van der Waals surface area (Å²) in [6, 6.07) is 12.3. The van der Waals surface area contributed by atoms with Gasteiger partial charge in [0.15, 0.2) is 6.79 Å². The molecule has 0 amide bonds. The van der Waals surface area contributed by atoms with Crippen LogP contribution < -0.4 is 4.74 Å². The van der Waals surface area contributed by atoms with Gasteiger partial charge in [-0.2, -0.15) is 0 Å². The van der Waals surface area contributed by atoms with Crippen LogP contribution in [-0.2, 0) is 9.47 Å². The maximum Gasteiger partial charge on any atom is 0.188 e. The highest BCUT2D eigenvalue weighted by molar-refractivity contribution is 5.75. The fraction of sp³-hybridized carbons (Fsp3) is 0.235. The van der Waals surface area contributed by atoms with Crippen LogP contribution in [-0.4, -0.2) is 31.8 Å². The molecule has 0 radical (unpaired) electrons. The molecular weight excluding hydrogens is 284 g/mol. The van der Waals surface area contributed by atoms with Gasteiger partial charge in [0, 0.05) is 12.7 Å². The van der Waals surface area contributed by atoms with Gasteiger partial charge in [-0.3, -0.25) is 4.79 Å². The molecule has 0 bridgehead atoms. The molecule has 2 aromatic carbocycles. The first kappa shape index (κ1) is 11.2. The molecule has 1 aliphatic heterocycles. The maximum atomic E-state index is 10.4. The Morgan fingerprint density at radius 3 is 2.82 bits per heavy atom. The Balaban J connectivity index is 0.000000209. The van der Waals surface area contributed by atoms with Gasteiger partial charge >= 0.3 is 0 Å².